The van der Waals surface area contributed by atoms with Crippen molar-refractivity contribution in [1.82, 2.24) is 5.43 Å². The summed E-state index contributed by atoms with van der Waals surface area (Å²) in [5.41, 5.74) is 4.22. The highest BCUT2D eigenvalue weighted by molar-refractivity contribution is 5.37. The van der Waals surface area contributed by atoms with Crippen LogP contribution in [0.15, 0.2) is 24.3 Å². The molecule has 2 unspecified atom stereocenters. The average molecular weight is 220 g/mol. The van der Waals surface area contributed by atoms with E-state index >= 15 is 0 Å². The van der Waals surface area contributed by atoms with E-state index in [2.05, 4.69) is 30.5 Å². The van der Waals surface area contributed by atoms with Crippen molar-refractivity contribution in [3.8, 4) is 5.75 Å². The van der Waals surface area contributed by atoms with Crippen LogP contribution in [-0.4, -0.2) is 12.6 Å². The minimum absolute atomic E-state index is 0.399. The molecular weight excluding hydrogens is 200 g/mol. The van der Waals surface area contributed by atoms with E-state index in [9.17, 15) is 0 Å². The predicted molar refractivity (Wildman–Crippen MR) is 65.3 cm³/mol. The number of hydrogen-bond acceptors (Lipinski definition) is 3. The zero-order chi connectivity index (χ0) is 11.4. The number of benzene rings is 1. The molecule has 0 aliphatic carbocycles. The van der Waals surface area contributed by atoms with Gasteiger partial charge >= 0.3 is 0 Å². The number of nitrogens with one attached hydrogen (secondary N) is 1. The van der Waals surface area contributed by atoms with Crippen molar-refractivity contribution < 1.29 is 4.74 Å². The zero-order valence-electron chi connectivity index (χ0n) is 9.78. The van der Waals surface area contributed by atoms with Crippen molar-refractivity contribution in [1.29, 1.82) is 0 Å². The molecule has 1 aliphatic heterocycles. The van der Waals surface area contributed by atoms with E-state index < -0.39 is 0 Å². The van der Waals surface area contributed by atoms with Crippen LogP contribution in [0.5, 0.6) is 5.75 Å². The highest BCUT2D eigenvalue weighted by Crippen LogP contribution is 2.36. The Bertz CT molecular complexity index is 336. The maximum Gasteiger partial charge on any atom is 0.122 e. The first-order chi connectivity index (χ1) is 7.85. The van der Waals surface area contributed by atoms with Crippen LogP contribution in [0.3, 0.4) is 0 Å². The van der Waals surface area contributed by atoms with Gasteiger partial charge < -0.3 is 4.74 Å². The summed E-state index contributed by atoms with van der Waals surface area (Å²) in [4.78, 5) is 0. The van der Waals surface area contributed by atoms with Crippen LogP contribution in [0, 0.1) is 0 Å². The topological polar surface area (TPSA) is 47.3 Å². The Hall–Kier alpha value is -1.06. The molecule has 0 aromatic heterocycles. The van der Waals surface area contributed by atoms with Gasteiger partial charge in [-0.25, -0.2) is 0 Å². The molecule has 16 heavy (non-hydrogen) atoms. The van der Waals surface area contributed by atoms with Crippen LogP contribution in [-0.2, 0) is 0 Å². The number of rotatable bonds is 4. The van der Waals surface area contributed by atoms with E-state index in [0.717, 1.165) is 31.6 Å². The molecule has 3 nitrogen and oxygen atoms in total. The normalized spacial score (nSPS) is 21.0. The standard InChI is InChI=1S/C13H20N2O/c1-2-11(15-14)9-10-7-8-16-13-6-4-3-5-12(10)13/h3-6,10-11,15H,2,7-9,14H2,1H3. The smallest absolute Gasteiger partial charge is 0.122 e. The van der Waals surface area contributed by atoms with Gasteiger partial charge in [0.05, 0.1) is 6.61 Å². The number of ether oxygens (including phenoxy) is 1. The molecule has 1 aromatic rings. The van der Waals surface area contributed by atoms with Gasteiger partial charge in [-0.3, -0.25) is 11.3 Å². The predicted octanol–water partition coefficient (Wildman–Crippen LogP) is 2.18. The summed E-state index contributed by atoms with van der Waals surface area (Å²) in [7, 11) is 0. The monoisotopic (exact) mass is 220 g/mol. The summed E-state index contributed by atoms with van der Waals surface area (Å²) in [6.07, 6.45) is 3.25. The van der Waals surface area contributed by atoms with E-state index in [1.54, 1.807) is 0 Å². The van der Waals surface area contributed by atoms with E-state index in [-0.39, 0.29) is 0 Å². The summed E-state index contributed by atoms with van der Waals surface area (Å²) in [6, 6.07) is 8.73. The minimum Gasteiger partial charge on any atom is -0.493 e. The Morgan fingerprint density at radius 1 is 1.50 bits per heavy atom. The molecular formula is C13H20N2O. The fourth-order valence-corrected chi connectivity index (χ4v) is 2.36. The second-order valence-electron chi connectivity index (χ2n) is 4.38. The van der Waals surface area contributed by atoms with Crippen LogP contribution in [0.25, 0.3) is 0 Å². The molecule has 0 radical (unpaired) electrons. The van der Waals surface area contributed by atoms with E-state index in [4.69, 9.17) is 10.6 Å². The Morgan fingerprint density at radius 3 is 3.06 bits per heavy atom. The Kier molecular flexibility index (Phi) is 3.80. The molecule has 0 saturated heterocycles. The minimum atomic E-state index is 0.399. The number of nitrogens with two attached hydrogens (primary N) is 1. The van der Waals surface area contributed by atoms with Gasteiger partial charge in [0.1, 0.15) is 5.75 Å². The second kappa shape index (κ2) is 5.32. The van der Waals surface area contributed by atoms with Gasteiger partial charge in [-0.15, -0.1) is 0 Å². The molecule has 0 bridgehead atoms. The van der Waals surface area contributed by atoms with Gasteiger partial charge in [0, 0.05) is 6.04 Å². The lowest BCUT2D eigenvalue weighted by molar-refractivity contribution is 0.254. The fraction of sp³-hybridized carbons (Fsp3) is 0.538. The molecule has 88 valence electrons. The van der Waals surface area contributed by atoms with Gasteiger partial charge in [0.15, 0.2) is 0 Å². The molecule has 0 amide bonds. The van der Waals surface area contributed by atoms with E-state index in [1.165, 1.54) is 5.56 Å². The molecule has 1 heterocycles. The van der Waals surface area contributed by atoms with Crippen molar-refractivity contribution in [2.45, 2.75) is 38.1 Å². The molecule has 3 heteroatoms. The van der Waals surface area contributed by atoms with Crippen molar-refractivity contribution in [3.63, 3.8) is 0 Å². The molecule has 2 rings (SSSR count). The molecule has 1 aromatic carbocycles. The first-order valence-corrected chi connectivity index (χ1v) is 6.03. The number of fused-ring (bicyclic) bond motifs is 1. The summed E-state index contributed by atoms with van der Waals surface area (Å²) in [6.45, 7) is 2.98. The van der Waals surface area contributed by atoms with Gasteiger partial charge in [-0.05, 0) is 36.8 Å². The van der Waals surface area contributed by atoms with Crippen molar-refractivity contribution >= 4 is 0 Å². The van der Waals surface area contributed by atoms with Crippen LogP contribution in [0.1, 0.15) is 37.7 Å². The fourth-order valence-electron chi connectivity index (χ4n) is 2.36. The van der Waals surface area contributed by atoms with Gasteiger partial charge in [0.2, 0.25) is 0 Å². The molecule has 0 saturated carbocycles. The van der Waals surface area contributed by atoms with Gasteiger partial charge in [-0.2, -0.15) is 0 Å². The van der Waals surface area contributed by atoms with Gasteiger partial charge in [0.25, 0.3) is 0 Å². The van der Waals surface area contributed by atoms with Crippen molar-refractivity contribution in [3.05, 3.63) is 29.8 Å². The lowest BCUT2D eigenvalue weighted by Crippen LogP contribution is -2.36. The largest absolute Gasteiger partial charge is 0.493 e. The Balaban J connectivity index is 2.12. The maximum absolute atomic E-state index is 5.65. The molecule has 0 fully saturated rings. The zero-order valence-corrected chi connectivity index (χ0v) is 9.78. The third-order valence-corrected chi connectivity index (χ3v) is 3.38. The molecule has 1 aliphatic rings. The average Bonchev–Trinajstić information content (AvgIpc) is 2.36. The molecule has 2 atom stereocenters. The first kappa shape index (κ1) is 11.4. The number of para-hydroxylation sites is 1. The molecule has 3 N–H and O–H groups in total. The van der Waals surface area contributed by atoms with E-state index in [0.29, 0.717) is 12.0 Å². The Labute approximate surface area is 97.0 Å². The lowest BCUT2D eigenvalue weighted by atomic mass is 9.87. The summed E-state index contributed by atoms with van der Waals surface area (Å²) in [5.74, 6) is 7.16. The van der Waals surface area contributed by atoms with Crippen LogP contribution < -0.4 is 16.0 Å². The number of hydrogen-bond donors (Lipinski definition) is 2. The van der Waals surface area contributed by atoms with Crippen LogP contribution in [0.4, 0.5) is 0 Å². The molecule has 0 spiro atoms. The van der Waals surface area contributed by atoms with Crippen molar-refractivity contribution in [2.24, 2.45) is 5.84 Å². The van der Waals surface area contributed by atoms with Crippen molar-refractivity contribution in [2.75, 3.05) is 6.61 Å². The van der Waals surface area contributed by atoms with Crippen LogP contribution >= 0.6 is 0 Å². The first-order valence-electron chi connectivity index (χ1n) is 6.03. The quantitative estimate of drug-likeness (QED) is 0.604. The highest BCUT2D eigenvalue weighted by atomic mass is 16.5. The number of hydrazine groups is 1. The highest BCUT2D eigenvalue weighted by Gasteiger charge is 2.23. The summed E-state index contributed by atoms with van der Waals surface area (Å²) < 4.78 is 5.65. The SMILES string of the molecule is CCC(CC1CCOc2ccccc21)NN. The Morgan fingerprint density at radius 2 is 2.31 bits per heavy atom. The second-order valence-corrected chi connectivity index (χ2v) is 4.38. The summed E-state index contributed by atoms with van der Waals surface area (Å²) >= 11 is 0. The van der Waals surface area contributed by atoms with Crippen LogP contribution in [0.2, 0.25) is 0 Å². The third-order valence-electron chi connectivity index (χ3n) is 3.38. The van der Waals surface area contributed by atoms with Gasteiger partial charge in [-0.1, -0.05) is 25.1 Å². The lowest BCUT2D eigenvalue weighted by Gasteiger charge is -2.28. The maximum atomic E-state index is 5.65. The summed E-state index contributed by atoms with van der Waals surface area (Å²) in [5, 5.41) is 0. The third kappa shape index (κ3) is 2.36. The van der Waals surface area contributed by atoms with E-state index in [1.807, 2.05) is 6.07 Å².